The van der Waals surface area contributed by atoms with Gasteiger partial charge in [0, 0.05) is 38.6 Å². The molecule has 1 aromatic rings. The highest BCUT2D eigenvalue weighted by atomic mass is 35.5. The first kappa shape index (κ1) is 23.3. The van der Waals surface area contributed by atoms with Gasteiger partial charge in [-0.05, 0) is 36.6 Å². The number of rotatable bonds is 5. The van der Waals surface area contributed by atoms with Crippen molar-refractivity contribution in [2.24, 2.45) is 0 Å². The average molecular weight is 389 g/mol. The van der Waals surface area contributed by atoms with Crippen LogP contribution >= 0.6 is 24.8 Å². The van der Waals surface area contributed by atoms with E-state index >= 15 is 0 Å². The minimum absolute atomic E-state index is 0. The second kappa shape index (κ2) is 10.3. The molecule has 1 saturated heterocycles. The van der Waals surface area contributed by atoms with Gasteiger partial charge in [0.2, 0.25) is 0 Å². The summed E-state index contributed by atoms with van der Waals surface area (Å²) in [6.45, 7) is 5.11. The molecule has 0 amide bonds. The molecule has 1 aromatic carbocycles. The number of hydrogen-bond donors (Lipinski definition) is 1. The van der Waals surface area contributed by atoms with Crippen molar-refractivity contribution < 1.29 is 17.9 Å². The van der Waals surface area contributed by atoms with Crippen LogP contribution in [0.25, 0.3) is 0 Å². The van der Waals surface area contributed by atoms with E-state index in [-0.39, 0.29) is 37.3 Å². The summed E-state index contributed by atoms with van der Waals surface area (Å²) in [5.74, 6) is 0.733. The zero-order valence-electron chi connectivity index (χ0n) is 13.9. The van der Waals surface area contributed by atoms with E-state index in [4.69, 9.17) is 4.74 Å². The third-order valence-corrected chi connectivity index (χ3v) is 4.13. The molecule has 0 aliphatic carbocycles. The summed E-state index contributed by atoms with van der Waals surface area (Å²) in [5, 5.41) is 3.24. The van der Waals surface area contributed by atoms with E-state index in [2.05, 4.69) is 10.2 Å². The molecule has 3 nitrogen and oxygen atoms in total. The van der Waals surface area contributed by atoms with Crippen LogP contribution in [0.4, 0.5) is 13.2 Å². The number of halogens is 5. The molecule has 0 bridgehead atoms. The van der Waals surface area contributed by atoms with Gasteiger partial charge in [-0.15, -0.1) is 24.8 Å². The fourth-order valence-electron chi connectivity index (χ4n) is 2.98. The topological polar surface area (TPSA) is 24.5 Å². The second-order valence-electron chi connectivity index (χ2n) is 5.68. The smallest absolute Gasteiger partial charge is 0.389 e. The van der Waals surface area contributed by atoms with Gasteiger partial charge in [0.25, 0.3) is 0 Å². The molecule has 0 radical (unpaired) electrons. The number of hydrogen-bond acceptors (Lipinski definition) is 3. The molecule has 8 heteroatoms. The van der Waals surface area contributed by atoms with Gasteiger partial charge in [-0.2, -0.15) is 13.2 Å². The van der Waals surface area contributed by atoms with Crippen molar-refractivity contribution in [3.8, 4) is 5.75 Å². The number of nitrogens with zero attached hydrogens (tertiary/aromatic N) is 1. The van der Waals surface area contributed by atoms with E-state index in [0.717, 1.165) is 43.1 Å². The summed E-state index contributed by atoms with van der Waals surface area (Å²) in [7, 11) is 1.59. The number of piperazine rings is 1. The first-order chi connectivity index (χ1) is 10.4. The highest BCUT2D eigenvalue weighted by Gasteiger charge is 2.31. The van der Waals surface area contributed by atoms with Gasteiger partial charge in [-0.25, -0.2) is 0 Å². The lowest BCUT2D eigenvalue weighted by Gasteiger charge is -2.36. The molecule has 0 unspecified atom stereocenters. The van der Waals surface area contributed by atoms with Crippen LogP contribution in [0.5, 0.6) is 5.75 Å². The van der Waals surface area contributed by atoms with E-state index in [9.17, 15) is 13.2 Å². The van der Waals surface area contributed by atoms with Gasteiger partial charge >= 0.3 is 6.18 Å². The van der Waals surface area contributed by atoms with Crippen molar-refractivity contribution in [2.45, 2.75) is 32.0 Å². The summed E-state index contributed by atoms with van der Waals surface area (Å²) in [4.78, 5) is 2.15. The van der Waals surface area contributed by atoms with Crippen molar-refractivity contribution in [1.29, 1.82) is 0 Å². The van der Waals surface area contributed by atoms with Crippen LogP contribution < -0.4 is 10.1 Å². The van der Waals surface area contributed by atoms with Crippen LogP contribution in [-0.4, -0.2) is 44.4 Å². The number of nitrogens with one attached hydrogen (secondary N) is 1. The zero-order chi connectivity index (χ0) is 16.2. The molecule has 1 N–H and O–H groups in total. The fourth-order valence-corrected chi connectivity index (χ4v) is 2.98. The Kier molecular flexibility index (Phi) is 10.0. The predicted molar refractivity (Wildman–Crippen MR) is 94.7 cm³/mol. The van der Waals surface area contributed by atoms with Crippen LogP contribution in [0.1, 0.15) is 30.0 Å². The van der Waals surface area contributed by atoms with Crippen LogP contribution in [0, 0.1) is 6.92 Å². The summed E-state index contributed by atoms with van der Waals surface area (Å²) < 4.78 is 43.2. The molecule has 0 aromatic heterocycles. The molecule has 0 spiro atoms. The summed E-state index contributed by atoms with van der Waals surface area (Å²) >= 11 is 0. The fraction of sp³-hybridized carbons (Fsp3) is 0.625. The molecule has 140 valence electrons. The number of benzene rings is 1. The Bertz CT molecular complexity index is 495. The Balaban J connectivity index is 0.00000264. The Morgan fingerprint density at radius 1 is 1.21 bits per heavy atom. The van der Waals surface area contributed by atoms with E-state index in [1.165, 1.54) is 0 Å². The number of alkyl halides is 3. The van der Waals surface area contributed by atoms with Gasteiger partial charge in [-0.3, -0.25) is 4.90 Å². The normalized spacial score (nSPS) is 16.7. The van der Waals surface area contributed by atoms with E-state index < -0.39 is 12.6 Å². The molecule has 1 fully saturated rings. The van der Waals surface area contributed by atoms with Gasteiger partial charge in [0.05, 0.1) is 7.11 Å². The lowest BCUT2D eigenvalue weighted by atomic mass is 9.95. The first-order valence-electron chi connectivity index (χ1n) is 7.57. The summed E-state index contributed by atoms with van der Waals surface area (Å²) in [5.41, 5.74) is 1.94. The predicted octanol–water partition coefficient (Wildman–Crippen LogP) is 4.14. The van der Waals surface area contributed by atoms with Crippen molar-refractivity contribution in [3.63, 3.8) is 0 Å². The summed E-state index contributed by atoms with van der Waals surface area (Å²) in [6.07, 6.45) is -4.78. The quantitative estimate of drug-likeness (QED) is 0.820. The largest absolute Gasteiger partial charge is 0.497 e. The standard InChI is InChI=1S/C16H23F3N2O.2ClH/c1-12-11-13(22-2)3-4-14(12)15(5-6-16(17,18)19)21-9-7-20-8-10-21;;/h3-4,11,15,20H,5-10H2,1-2H3;2*1H/t15-;;/m1../s1. The SMILES string of the molecule is COc1ccc([C@@H](CCC(F)(F)F)N2CCNCC2)c(C)c1.Cl.Cl. The molecule has 24 heavy (non-hydrogen) atoms. The lowest BCUT2D eigenvalue weighted by Crippen LogP contribution is -2.45. The molecule has 1 aliphatic heterocycles. The number of aryl methyl sites for hydroxylation is 1. The van der Waals surface area contributed by atoms with Crippen molar-refractivity contribution >= 4 is 24.8 Å². The van der Waals surface area contributed by atoms with Crippen molar-refractivity contribution in [1.82, 2.24) is 10.2 Å². The minimum Gasteiger partial charge on any atom is -0.497 e. The van der Waals surface area contributed by atoms with Crippen molar-refractivity contribution in [3.05, 3.63) is 29.3 Å². The maximum absolute atomic E-state index is 12.7. The van der Waals surface area contributed by atoms with Gasteiger partial charge < -0.3 is 10.1 Å². The summed E-state index contributed by atoms with van der Waals surface area (Å²) in [6, 6.07) is 5.41. The van der Waals surface area contributed by atoms with Gasteiger partial charge in [-0.1, -0.05) is 6.07 Å². The monoisotopic (exact) mass is 388 g/mol. The van der Waals surface area contributed by atoms with Crippen LogP contribution in [0.3, 0.4) is 0 Å². The molecule has 1 atom stereocenters. The molecule has 0 saturated carbocycles. The number of ether oxygens (including phenoxy) is 1. The molecule has 1 aliphatic rings. The van der Waals surface area contributed by atoms with E-state index in [1.807, 2.05) is 25.1 Å². The van der Waals surface area contributed by atoms with Crippen LogP contribution in [0.2, 0.25) is 0 Å². The zero-order valence-corrected chi connectivity index (χ0v) is 15.5. The molecular weight excluding hydrogens is 364 g/mol. The van der Waals surface area contributed by atoms with Crippen LogP contribution in [0.15, 0.2) is 18.2 Å². The highest BCUT2D eigenvalue weighted by molar-refractivity contribution is 5.85. The molecule has 1 heterocycles. The van der Waals surface area contributed by atoms with Gasteiger partial charge in [0.15, 0.2) is 0 Å². The Morgan fingerprint density at radius 2 is 1.83 bits per heavy atom. The maximum Gasteiger partial charge on any atom is 0.389 e. The van der Waals surface area contributed by atoms with E-state index in [1.54, 1.807) is 7.11 Å². The highest BCUT2D eigenvalue weighted by Crippen LogP contribution is 2.34. The van der Waals surface area contributed by atoms with Crippen molar-refractivity contribution in [2.75, 3.05) is 33.3 Å². The average Bonchev–Trinajstić information content (AvgIpc) is 2.48. The lowest BCUT2D eigenvalue weighted by molar-refractivity contribution is -0.138. The third kappa shape index (κ3) is 6.67. The molecular formula is C16H25Cl2F3N2O. The number of methoxy groups -OCH3 is 1. The van der Waals surface area contributed by atoms with Crippen LogP contribution in [-0.2, 0) is 0 Å². The Hall–Kier alpha value is -0.690. The minimum atomic E-state index is -4.12. The second-order valence-corrected chi connectivity index (χ2v) is 5.68. The van der Waals surface area contributed by atoms with Gasteiger partial charge in [0.1, 0.15) is 5.75 Å². The van der Waals surface area contributed by atoms with E-state index in [0.29, 0.717) is 0 Å². The maximum atomic E-state index is 12.7. The Morgan fingerprint density at radius 3 is 2.33 bits per heavy atom. The Labute approximate surface area is 153 Å². The molecule has 2 rings (SSSR count). The third-order valence-electron chi connectivity index (χ3n) is 4.13. The first-order valence-corrected chi connectivity index (χ1v) is 7.57.